The first-order valence-corrected chi connectivity index (χ1v) is 11.5. The van der Waals surface area contributed by atoms with E-state index < -0.39 is 0 Å². The average molecular weight is 435 g/mol. The van der Waals surface area contributed by atoms with E-state index in [0.717, 1.165) is 41.0 Å². The molecule has 0 saturated carbocycles. The van der Waals surface area contributed by atoms with Gasteiger partial charge in [0.25, 0.3) is 0 Å². The van der Waals surface area contributed by atoms with Gasteiger partial charge in [0.1, 0.15) is 22.3 Å². The molecule has 1 aliphatic rings. The first kappa shape index (κ1) is 19.9. The van der Waals surface area contributed by atoms with Crippen molar-refractivity contribution in [2.75, 3.05) is 6.54 Å². The zero-order valence-electron chi connectivity index (χ0n) is 17.1. The monoisotopic (exact) mass is 434 g/mol. The summed E-state index contributed by atoms with van der Waals surface area (Å²) in [4.78, 5) is 19.9. The molecule has 158 valence electrons. The number of hydrogen-bond acceptors (Lipinski definition) is 4. The Hall–Kier alpha value is -2.99. The van der Waals surface area contributed by atoms with Gasteiger partial charge in [0.05, 0.1) is 21.8 Å². The van der Waals surface area contributed by atoms with E-state index >= 15 is 0 Å². The number of furan rings is 1. The van der Waals surface area contributed by atoms with Gasteiger partial charge in [-0.1, -0.05) is 24.3 Å². The molecule has 0 aliphatic carbocycles. The fourth-order valence-electron chi connectivity index (χ4n) is 4.21. The Bertz CT molecular complexity index is 1180. The molecule has 1 aliphatic heterocycles. The molecule has 3 heterocycles. The fraction of sp³-hybridized carbons (Fsp3) is 0.280. The van der Waals surface area contributed by atoms with Crippen molar-refractivity contribution in [1.29, 1.82) is 0 Å². The molecule has 0 radical (unpaired) electrons. The normalized spacial score (nSPS) is 16.7. The number of para-hydroxylation sites is 1. The summed E-state index contributed by atoms with van der Waals surface area (Å²) in [5, 5.41) is 1.02. The van der Waals surface area contributed by atoms with Crippen molar-refractivity contribution < 1.29 is 13.6 Å². The third kappa shape index (κ3) is 4.12. The highest BCUT2D eigenvalue weighted by molar-refractivity contribution is 7.18. The van der Waals surface area contributed by atoms with Gasteiger partial charge in [0.15, 0.2) is 0 Å². The summed E-state index contributed by atoms with van der Waals surface area (Å²) < 4.78 is 21.0. The van der Waals surface area contributed by atoms with Crippen molar-refractivity contribution in [3.63, 3.8) is 0 Å². The number of carbonyl (C=O) groups excluding carboxylic acids is 1. The van der Waals surface area contributed by atoms with Crippen LogP contribution in [0.4, 0.5) is 4.39 Å². The average Bonchev–Trinajstić information content (AvgIpc) is 3.45. The number of halogens is 1. The predicted octanol–water partition coefficient (Wildman–Crippen LogP) is 6.38. The molecule has 1 fully saturated rings. The lowest BCUT2D eigenvalue weighted by Crippen LogP contribution is -2.38. The summed E-state index contributed by atoms with van der Waals surface area (Å²) in [6, 6.07) is 18.3. The minimum atomic E-state index is -0.313. The molecular weight excluding hydrogens is 411 g/mol. The Morgan fingerprint density at radius 1 is 1.10 bits per heavy atom. The van der Waals surface area contributed by atoms with E-state index in [9.17, 15) is 9.18 Å². The number of aryl methyl sites for hydroxylation is 1. The second-order valence-corrected chi connectivity index (χ2v) is 8.93. The number of amides is 1. The van der Waals surface area contributed by atoms with Gasteiger partial charge in [-0.3, -0.25) is 4.79 Å². The van der Waals surface area contributed by atoms with Crippen LogP contribution in [0.1, 0.15) is 42.5 Å². The van der Waals surface area contributed by atoms with Crippen LogP contribution in [-0.4, -0.2) is 22.3 Å². The topological polar surface area (TPSA) is 46.3 Å². The van der Waals surface area contributed by atoms with Gasteiger partial charge >= 0.3 is 0 Å². The molecule has 4 aromatic rings. The molecule has 0 N–H and O–H groups in total. The van der Waals surface area contributed by atoms with Crippen LogP contribution in [0.2, 0.25) is 0 Å². The van der Waals surface area contributed by atoms with Gasteiger partial charge in [0, 0.05) is 19.4 Å². The lowest BCUT2D eigenvalue weighted by Gasteiger charge is -2.34. The van der Waals surface area contributed by atoms with Crippen molar-refractivity contribution in [3.8, 4) is 11.3 Å². The van der Waals surface area contributed by atoms with Crippen molar-refractivity contribution in [3.05, 3.63) is 77.2 Å². The first-order chi connectivity index (χ1) is 15.2. The van der Waals surface area contributed by atoms with E-state index in [4.69, 9.17) is 9.40 Å². The quantitative estimate of drug-likeness (QED) is 0.366. The van der Waals surface area contributed by atoms with Crippen LogP contribution in [-0.2, 0) is 11.2 Å². The van der Waals surface area contributed by atoms with E-state index in [1.54, 1.807) is 35.6 Å². The van der Waals surface area contributed by atoms with Crippen molar-refractivity contribution in [2.45, 2.75) is 38.1 Å². The standard InChI is InChI=1S/C25H23FN2O2S/c26-19-8-2-1-7-18(19)22-14-12-17(30-22)13-15-24(29)28-16-6-5-10-21(28)25-27-20-9-3-4-11-23(20)31-25/h1-4,7-9,11-12,14,21H,5-6,10,13,15-16H2/t21-/m0/s1. The van der Waals surface area contributed by atoms with Gasteiger partial charge in [-0.05, 0) is 55.7 Å². The number of benzene rings is 2. The highest BCUT2D eigenvalue weighted by atomic mass is 32.1. The molecule has 31 heavy (non-hydrogen) atoms. The smallest absolute Gasteiger partial charge is 0.223 e. The summed E-state index contributed by atoms with van der Waals surface area (Å²) in [5.41, 5.74) is 1.43. The molecule has 0 unspecified atom stereocenters. The second-order valence-electron chi connectivity index (χ2n) is 7.86. The molecule has 1 atom stereocenters. The van der Waals surface area contributed by atoms with Gasteiger partial charge in [-0.2, -0.15) is 0 Å². The van der Waals surface area contributed by atoms with Crippen LogP contribution in [0.3, 0.4) is 0 Å². The number of aromatic nitrogens is 1. The minimum Gasteiger partial charge on any atom is -0.461 e. The molecule has 4 nitrogen and oxygen atoms in total. The van der Waals surface area contributed by atoms with Gasteiger partial charge in [0.2, 0.25) is 5.91 Å². The number of rotatable bonds is 5. The van der Waals surface area contributed by atoms with Gasteiger partial charge in [-0.15, -0.1) is 11.3 Å². The molecule has 2 aromatic carbocycles. The van der Waals surface area contributed by atoms with E-state index in [0.29, 0.717) is 29.9 Å². The number of thiazole rings is 1. The highest BCUT2D eigenvalue weighted by Crippen LogP contribution is 2.36. The largest absolute Gasteiger partial charge is 0.461 e. The number of fused-ring (bicyclic) bond motifs is 1. The summed E-state index contributed by atoms with van der Waals surface area (Å²) in [6.07, 6.45) is 3.94. The third-order valence-electron chi connectivity index (χ3n) is 5.80. The second kappa shape index (κ2) is 8.63. The van der Waals surface area contributed by atoms with Crippen molar-refractivity contribution in [1.82, 2.24) is 9.88 Å². The number of carbonyl (C=O) groups is 1. The maximum Gasteiger partial charge on any atom is 0.223 e. The number of likely N-dealkylation sites (tertiary alicyclic amines) is 1. The summed E-state index contributed by atoms with van der Waals surface area (Å²) in [6.45, 7) is 0.762. The van der Waals surface area contributed by atoms with Gasteiger partial charge < -0.3 is 9.32 Å². The number of hydrogen-bond donors (Lipinski definition) is 0. The number of piperidine rings is 1. The Morgan fingerprint density at radius 3 is 2.81 bits per heavy atom. The van der Waals surface area contributed by atoms with Crippen LogP contribution >= 0.6 is 11.3 Å². The van der Waals surface area contributed by atoms with Crippen molar-refractivity contribution in [2.24, 2.45) is 0 Å². The molecule has 0 bridgehead atoms. The lowest BCUT2D eigenvalue weighted by atomic mass is 10.0. The Kier molecular flexibility index (Phi) is 5.55. The fourth-order valence-corrected chi connectivity index (χ4v) is 5.33. The number of nitrogens with zero attached hydrogens (tertiary/aromatic N) is 2. The zero-order valence-corrected chi connectivity index (χ0v) is 17.9. The molecule has 0 spiro atoms. The highest BCUT2D eigenvalue weighted by Gasteiger charge is 2.30. The van der Waals surface area contributed by atoms with E-state index in [1.807, 2.05) is 29.2 Å². The van der Waals surface area contributed by atoms with Crippen LogP contribution < -0.4 is 0 Å². The summed E-state index contributed by atoms with van der Waals surface area (Å²) in [5.74, 6) is 0.991. The Morgan fingerprint density at radius 2 is 1.94 bits per heavy atom. The maximum atomic E-state index is 14.0. The Labute approximate surface area is 184 Å². The van der Waals surface area contributed by atoms with Crippen LogP contribution in [0.25, 0.3) is 21.5 Å². The molecule has 2 aromatic heterocycles. The van der Waals surface area contributed by atoms with Crippen LogP contribution in [0.5, 0.6) is 0 Å². The zero-order chi connectivity index (χ0) is 21.2. The van der Waals surface area contributed by atoms with Crippen LogP contribution in [0.15, 0.2) is 65.1 Å². The van der Waals surface area contributed by atoms with Crippen LogP contribution in [0, 0.1) is 5.82 Å². The molecule has 1 amide bonds. The first-order valence-electron chi connectivity index (χ1n) is 10.7. The third-order valence-corrected chi connectivity index (χ3v) is 6.94. The molecule has 1 saturated heterocycles. The maximum absolute atomic E-state index is 14.0. The van der Waals surface area contributed by atoms with Crippen molar-refractivity contribution >= 4 is 27.5 Å². The summed E-state index contributed by atoms with van der Waals surface area (Å²) >= 11 is 1.68. The van der Waals surface area contributed by atoms with E-state index in [1.165, 1.54) is 6.07 Å². The lowest BCUT2D eigenvalue weighted by molar-refractivity contribution is -0.135. The molecular formula is C25H23FN2O2S. The SMILES string of the molecule is O=C(CCc1ccc(-c2ccccc2F)o1)N1CCCC[C@H]1c1nc2ccccc2s1. The predicted molar refractivity (Wildman–Crippen MR) is 120 cm³/mol. The Balaban J connectivity index is 1.28. The van der Waals surface area contributed by atoms with E-state index in [2.05, 4.69) is 6.07 Å². The minimum absolute atomic E-state index is 0.0456. The molecule has 5 rings (SSSR count). The summed E-state index contributed by atoms with van der Waals surface area (Å²) in [7, 11) is 0. The molecule has 6 heteroatoms. The van der Waals surface area contributed by atoms with Gasteiger partial charge in [-0.25, -0.2) is 9.37 Å². The van der Waals surface area contributed by atoms with E-state index in [-0.39, 0.29) is 17.8 Å².